The van der Waals surface area contributed by atoms with Crippen LogP contribution in [0.2, 0.25) is 0 Å². The first-order chi connectivity index (χ1) is 10.1. The first-order valence-electron chi connectivity index (χ1n) is 6.82. The number of Topliss-reactive ketones (excluding diaryl/α,β-unsaturated/α-hetero) is 1. The van der Waals surface area contributed by atoms with E-state index in [9.17, 15) is 22.9 Å². The molecule has 0 spiro atoms. The Kier molecular flexibility index (Phi) is 3.96. The number of rotatable bonds is 1. The van der Waals surface area contributed by atoms with E-state index in [4.69, 9.17) is 4.74 Å². The van der Waals surface area contributed by atoms with Gasteiger partial charge in [0.05, 0.1) is 0 Å². The molecule has 1 aromatic rings. The van der Waals surface area contributed by atoms with Gasteiger partial charge in [-0.25, -0.2) is 8.42 Å². The zero-order chi connectivity index (χ0) is 16.3. The molecule has 1 aliphatic carbocycles. The fourth-order valence-electron chi connectivity index (χ4n) is 2.91. The van der Waals surface area contributed by atoms with E-state index in [2.05, 4.69) is 0 Å². The van der Waals surface area contributed by atoms with Crippen LogP contribution in [0.3, 0.4) is 0 Å². The average Bonchev–Trinajstić information content (AvgIpc) is 2.42. The van der Waals surface area contributed by atoms with Gasteiger partial charge in [-0.2, -0.15) is 0 Å². The van der Waals surface area contributed by atoms with Gasteiger partial charge in [-0.15, -0.1) is 0 Å². The standard InChI is InChI=1S/C15H16O6S.CH4/c1-14(2)8-7-10-12(21-14)9-5-3-4-6-11(9)15(17,13(10)16)22(18,19)20;/h3-6,17H,7-8H2,1-2H3,(H,18,19,20);1H4/p-1. The SMILES string of the molecule is C.CC1(C)CCC2=C(O1)c1ccccc1C(O)(S(=O)(=O)[O-])C2=O. The molecule has 0 fully saturated rings. The molecule has 1 aliphatic heterocycles. The summed E-state index contributed by atoms with van der Waals surface area (Å²) in [6.45, 7) is 3.71. The molecule has 1 unspecified atom stereocenters. The lowest BCUT2D eigenvalue weighted by atomic mass is 9.81. The zero-order valence-corrected chi connectivity index (χ0v) is 12.9. The van der Waals surface area contributed by atoms with Crippen molar-refractivity contribution in [3.63, 3.8) is 0 Å². The van der Waals surface area contributed by atoms with Crippen molar-refractivity contribution < 1.29 is 27.6 Å². The number of ketones is 1. The van der Waals surface area contributed by atoms with Gasteiger partial charge in [0.1, 0.15) is 21.5 Å². The summed E-state index contributed by atoms with van der Waals surface area (Å²) in [4.78, 5) is 9.44. The van der Waals surface area contributed by atoms with Gasteiger partial charge in [0.15, 0.2) is 0 Å². The zero-order valence-electron chi connectivity index (χ0n) is 12.1. The number of benzene rings is 1. The molecule has 1 atom stereocenters. The Morgan fingerprint density at radius 3 is 2.48 bits per heavy atom. The van der Waals surface area contributed by atoms with Crippen molar-refractivity contribution >= 4 is 21.7 Å². The summed E-state index contributed by atoms with van der Waals surface area (Å²) in [5.74, 6) is -0.850. The van der Waals surface area contributed by atoms with E-state index < -0.39 is 26.4 Å². The second-order valence-electron chi connectivity index (χ2n) is 6.14. The normalized spacial score (nSPS) is 25.8. The molecule has 0 aromatic heterocycles. The number of fused-ring (bicyclic) bond motifs is 2. The number of hydrogen-bond donors (Lipinski definition) is 1. The van der Waals surface area contributed by atoms with Crippen molar-refractivity contribution in [2.75, 3.05) is 0 Å². The second-order valence-corrected chi connectivity index (χ2v) is 7.64. The molecule has 0 saturated carbocycles. The topological polar surface area (TPSA) is 104 Å². The number of hydrogen-bond acceptors (Lipinski definition) is 6. The molecule has 2 aliphatic rings. The summed E-state index contributed by atoms with van der Waals surface area (Å²) < 4.78 is 40.6. The van der Waals surface area contributed by atoms with Crippen LogP contribution in [0.15, 0.2) is 29.8 Å². The van der Waals surface area contributed by atoms with E-state index in [1.54, 1.807) is 6.07 Å². The molecule has 23 heavy (non-hydrogen) atoms. The van der Waals surface area contributed by atoms with Crippen molar-refractivity contribution in [2.45, 2.75) is 44.6 Å². The molecular weight excluding hydrogens is 320 g/mol. The number of carbonyl (C=O) groups is 1. The van der Waals surface area contributed by atoms with Crippen LogP contribution in [-0.4, -0.2) is 29.5 Å². The minimum Gasteiger partial charge on any atom is -0.745 e. The summed E-state index contributed by atoms with van der Waals surface area (Å²) in [6, 6.07) is 5.88. The third kappa shape index (κ3) is 2.39. The highest BCUT2D eigenvalue weighted by atomic mass is 32.2. The van der Waals surface area contributed by atoms with Crippen molar-refractivity contribution in [3.05, 3.63) is 41.0 Å². The maximum absolute atomic E-state index is 12.5. The van der Waals surface area contributed by atoms with Crippen LogP contribution >= 0.6 is 0 Å². The summed E-state index contributed by atoms with van der Waals surface area (Å²) in [5, 5.41) is 10.5. The van der Waals surface area contributed by atoms with Gasteiger partial charge in [0.25, 0.3) is 0 Å². The summed E-state index contributed by atoms with van der Waals surface area (Å²) in [6.07, 6.45) is 0.724. The highest BCUT2D eigenvalue weighted by Gasteiger charge is 2.53. The Morgan fingerprint density at radius 2 is 1.87 bits per heavy atom. The van der Waals surface area contributed by atoms with Gasteiger partial charge in [0, 0.05) is 16.7 Å². The van der Waals surface area contributed by atoms with E-state index >= 15 is 0 Å². The maximum atomic E-state index is 12.5. The van der Waals surface area contributed by atoms with Crippen LogP contribution in [0.5, 0.6) is 0 Å². The molecule has 1 heterocycles. The van der Waals surface area contributed by atoms with E-state index in [1.165, 1.54) is 18.2 Å². The molecule has 126 valence electrons. The third-order valence-corrected chi connectivity index (χ3v) is 5.24. The Bertz CT molecular complexity index is 806. The smallest absolute Gasteiger partial charge is 0.244 e. The fourth-order valence-corrected chi connectivity index (χ4v) is 3.71. The van der Waals surface area contributed by atoms with Crippen LogP contribution in [0.25, 0.3) is 5.76 Å². The van der Waals surface area contributed by atoms with E-state index in [1.807, 2.05) is 13.8 Å². The Labute approximate surface area is 135 Å². The first kappa shape index (κ1) is 17.7. The van der Waals surface area contributed by atoms with Crippen LogP contribution < -0.4 is 0 Å². The Balaban J connectivity index is 0.00000192. The summed E-state index contributed by atoms with van der Waals surface area (Å²) in [7, 11) is -5.30. The Morgan fingerprint density at radius 1 is 1.26 bits per heavy atom. The molecule has 0 amide bonds. The molecule has 0 radical (unpaired) electrons. The van der Waals surface area contributed by atoms with E-state index in [0.717, 1.165) is 0 Å². The van der Waals surface area contributed by atoms with Gasteiger partial charge in [0.2, 0.25) is 10.7 Å². The van der Waals surface area contributed by atoms with Crippen LogP contribution in [-0.2, 0) is 24.6 Å². The number of ether oxygens (including phenoxy) is 1. The number of aliphatic hydroxyl groups is 1. The summed E-state index contributed by atoms with van der Waals surface area (Å²) >= 11 is 0. The largest absolute Gasteiger partial charge is 0.745 e. The third-order valence-electron chi connectivity index (χ3n) is 4.11. The molecular formula is C16H19O6S-. The number of carbonyl (C=O) groups excluding carboxylic acids is 1. The fraction of sp³-hybridized carbons (Fsp3) is 0.438. The van der Waals surface area contributed by atoms with Gasteiger partial charge in [-0.3, -0.25) is 4.79 Å². The van der Waals surface area contributed by atoms with Crippen molar-refractivity contribution in [1.82, 2.24) is 0 Å². The highest BCUT2D eigenvalue weighted by Crippen LogP contribution is 2.47. The lowest BCUT2D eigenvalue weighted by Crippen LogP contribution is -2.48. The van der Waals surface area contributed by atoms with Gasteiger partial charge in [-0.05, 0) is 26.7 Å². The quantitative estimate of drug-likeness (QED) is 0.784. The minimum absolute atomic E-state index is 0. The van der Waals surface area contributed by atoms with E-state index in [0.29, 0.717) is 6.42 Å². The lowest BCUT2D eigenvalue weighted by Gasteiger charge is -2.41. The minimum atomic E-state index is -5.30. The average molecular weight is 339 g/mol. The van der Waals surface area contributed by atoms with Gasteiger partial charge >= 0.3 is 0 Å². The molecule has 0 bridgehead atoms. The second kappa shape index (κ2) is 5.15. The van der Waals surface area contributed by atoms with Gasteiger partial charge in [-0.1, -0.05) is 31.7 Å². The van der Waals surface area contributed by atoms with E-state index in [-0.39, 0.29) is 36.3 Å². The predicted octanol–water partition coefficient (Wildman–Crippen LogP) is 1.90. The molecule has 1 aromatic carbocycles. The van der Waals surface area contributed by atoms with Crippen LogP contribution in [0.1, 0.15) is 45.2 Å². The first-order valence-corrected chi connectivity index (χ1v) is 8.23. The van der Waals surface area contributed by atoms with Crippen molar-refractivity contribution in [3.8, 4) is 0 Å². The van der Waals surface area contributed by atoms with Crippen LogP contribution in [0, 0.1) is 0 Å². The molecule has 3 rings (SSSR count). The lowest BCUT2D eigenvalue weighted by molar-refractivity contribution is -0.128. The highest BCUT2D eigenvalue weighted by molar-refractivity contribution is 7.87. The molecule has 1 N–H and O–H groups in total. The molecule has 7 heteroatoms. The summed E-state index contributed by atoms with van der Waals surface area (Å²) in [5.41, 5.74) is -0.434. The Hall–Kier alpha value is -1.70. The monoisotopic (exact) mass is 339 g/mol. The molecule has 0 saturated heterocycles. The van der Waals surface area contributed by atoms with Crippen molar-refractivity contribution in [2.24, 2.45) is 0 Å². The van der Waals surface area contributed by atoms with Crippen LogP contribution in [0.4, 0.5) is 0 Å². The van der Waals surface area contributed by atoms with Gasteiger partial charge < -0.3 is 14.4 Å². The predicted molar refractivity (Wildman–Crippen MR) is 83.1 cm³/mol. The maximum Gasteiger partial charge on any atom is 0.244 e. The van der Waals surface area contributed by atoms with Crippen molar-refractivity contribution in [1.29, 1.82) is 0 Å². The molecule has 6 nitrogen and oxygen atoms in total.